The Morgan fingerprint density at radius 3 is 2.55 bits per heavy atom. The molecule has 0 bridgehead atoms. The molecule has 5 N–H and O–H groups in total. The molecule has 0 aliphatic heterocycles. The summed E-state index contributed by atoms with van der Waals surface area (Å²) in [6.07, 6.45) is 8.85. The number of aliphatic hydroxyl groups is 2. The molecule has 5 heteroatoms. The molecule has 1 amide bonds. The van der Waals surface area contributed by atoms with Gasteiger partial charge in [-0.05, 0) is 91.3 Å². The number of hydrogen-bond donors (Lipinski definition) is 4. The third-order valence-electron chi connectivity index (χ3n) is 10.8. The van der Waals surface area contributed by atoms with Crippen LogP contribution in [0.25, 0.3) is 0 Å². The van der Waals surface area contributed by atoms with Crippen molar-refractivity contribution in [3.8, 4) is 0 Å². The van der Waals surface area contributed by atoms with Crippen LogP contribution in [-0.4, -0.2) is 40.9 Å². The molecule has 4 saturated carbocycles. The van der Waals surface area contributed by atoms with E-state index < -0.39 is 0 Å². The zero-order valence-electron chi connectivity index (χ0n) is 20.1. The van der Waals surface area contributed by atoms with Crippen molar-refractivity contribution in [2.75, 3.05) is 6.54 Å². The highest BCUT2D eigenvalue weighted by Crippen LogP contribution is 2.68. The molecule has 5 nitrogen and oxygen atoms in total. The minimum absolute atomic E-state index is 0.0375. The number of nitrogens with one attached hydrogen (secondary N) is 1. The first-order valence-corrected chi connectivity index (χ1v) is 13.0. The molecule has 11 atom stereocenters. The fourth-order valence-corrected chi connectivity index (χ4v) is 9.23. The Balaban J connectivity index is 1.57. The molecule has 0 heterocycles. The van der Waals surface area contributed by atoms with Gasteiger partial charge in [0.25, 0.3) is 0 Å². The van der Waals surface area contributed by atoms with E-state index >= 15 is 0 Å². The number of carbonyl (C=O) groups excluding carboxylic acids is 1. The summed E-state index contributed by atoms with van der Waals surface area (Å²) >= 11 is 0. The zero-order valence-corrected chi connectivity index (χ0v) is 20.1. The van der Waals surface area contributed by atoms with Gasteiger partial charge < -0.3 is 21.3 Å². The summed E-state index contributed by atoms with van der Waals surface area (Å²) in [5.74, 6) is 2.63. The van der Waals surface area contributed by atoms with Crippen molar-refractivity contribution in [3.05, 3.63) is 0 Å². The average Bonchev–Trinajstić information content (AvgIpc) is 3.08. The Hall–Kier alpha value is -0.650. The lowest BCUT2D eigenvalue weighted by Gasteiger charge is -2.63. The summed E-state index contributed by atoms with van der Waals surface area (Å²) in [4.78, 5) is 11.8. The minimum atomic E-state index is -0.288. The molecule has 178 valence electrons. The van der Waals surface area contributed by atoms with Gasteiger partial charge in [0.05, 0.1) is 18.8 Å². The summed E-state index contributed by atoms with van der Waals surface area (Å²) in [7, 11) is 0. The van der Waals surface area contributed by atoms with Crippen LogP contribution in [0.2, 0.25) is 0 Å². The maximum atomic E-state index is 11.8. The van der Waals surface area contributed by atoms with Gasteiger partial charge in [0.2, 0.25) is 5.91 Å². The molecule has 0 aromatic heterocycles. The third-order valence-corrected chi connectivity index (χ3v) is 10.8. The van der Waals surface area contributed by atoms with Crippen LogP contribution in [0.5, 0.6) is 0 Å². The van der Waals surface area contributed by atoms with E-state index in [1.54, 1.807) is 0 Å². The standard InChI is InChI=1S/C26H46N2O3/c1-5-6-15(2)18-7-8-19-24-20(13-22(30)26(18,19)4)25(3)10-9-17(28-23(31)14-27)11-16(25)12-21(24)29/h15-22,24,29-30H,5-14,27H2,1-4H3,(H,28,31)/t15?,16-,17-,18+,19?,20?,21?,22-,24?,25-,26+/m0/s1. The summed E-state index contributed by atoms with van der Waals surface area (Å²) in [5.41, 5.74) is 5.58. The number of aliphatic hydroxyl groups excluding tert-OH is 2. The number of fused-ring (bicyclic) bond motifs is 5. The van der Waals surface area contributed by atoms with Gasteiger partial charge in [0, 0.05) is 6.04 Å². The minimum Gasteiger partial charge on any atom is -0.393 e. The van der Waals surface area contributed by atoms with Crippen molar-refractivity contribution >= 4 is 5.91 Å². The Kier molecular flexibility index (Phi) is 6.53. The van der Waals surface area contributed by atoms with Gasteiger partial charge in [-0.15, -0.1) is 0 Å². The van der Waals surface area contributed by atoms with Gasteiger partial charge in [-0.2, -0.15) is 0 Å². The SMILES string of the molecule is CCCC(C)[C@H]1CCC2C3C(O)C[C@@H]4C[C@@H](NC(=O)CN)CC[C@]4(C)C3C[C@H](O)[C@@]21C. The highest BCUT2D eigenvalue weighted by Gasteiger charge is 2.65. The summed E-state index contributed by atoms with van der Waals surface area (Å²) < 4.78 is 0. The van der Waals surface area contributed by atoms with Crippen molar-refractivity contribution in [1.82, 2.24) is 5.32 Å². The second-order valence-corrected chi connectivity index (χ2v) is 12.1. The molecular formula is C26H46N2O3. The molecule has 5 unspecified atom stereocenters. The number of amides is 1. The smallest absolute Gasteiger partial charge is 0.233 e. The summed E-state index contributed by atoms with van der Waals surface area (Å²) in [6.45, 7) is 9.45. The van der Waals surface area contributed by atoms with Crippen LogP contribution in [0.3, 0.4) is 0 Å². The number of rotatable bonds is 5. The first-order valence-electron chi connectivity index (χ1n) is 13.0. The molecule has 0 spiro atoms. The van der Waals surface area contributed by atoms with Crippen LogP contribution in [0, 0.1) is 46.3 Å². The second kappa shape index (κ2) is 8.61. The predicted molar refractivity (Wildman–Crippen MR) is 123 cm³/mol. The normalized spacial score (nSPS) is 50.2. The molecule has 4 aliphatic rings. The van der Waals surface area contributed by atoms with Crippen LogP contribution in [0.4, 0.5) is 0 Å². The quantitative estimate of drug-likeness (QED) is 0.533. The Morgan fingerprint density at radius 2 is 1.87 bits per heavy atom. The van der Waals surface area contributed by atoms with Crippen LogP contribution in [0.1, 0.15) is 85.5 Å². The lowest BCUT2D eigenvalue weighted by Crippen LogP contribution is -2.63. The lowest BCUT2D eigenvalue weighted by atomic mass is 9.43. The molecule has 0 aromatic carbocycles. The van der Waals surface area contributed by atoms with Crippen LogP contribution >= 0.6 is 0 Å². The monoisotopic (exact) mass is 434 g/mol. The first kappa shape index (κ1) is 23.5. The molecule has 4 fully saturated rings. The van der Waals surface area contributed by atoms with Gasteiger partial charge in [-0.1, -0.05) is 40.5 Å². The largest absolute Gasteiger partial charge is 0.393 e. The van der Waals surface area contributed by atoms with E-state index in [9.17, 15) is 15.0 Å². The summed E-state index contributed by atoms with van der Waals surface area (Å²) in [5, 5.41) is 26.2. The van der Waals surface area contributed by atoms with E-state index in [4.69, 9.17) is 5.73 Å². The van der Waals surface area contributed by atoms with Crippen LogP contribution in [-0.2, 0) is 4.79 Å². The Labute approximate surface area is 188 Å². The maximum absolute atomic E-state index is 11.8. The van der Waals surface area contributed by atoms with Gasteiger partial charge in [0.15, 0.2) is 0 Å². The molecular weight excluding hydrogens is 388 g/mol. The van der Waals surface area contributed by atoms with Crippen LogP contribution in [0.15, 0.2) is 0 Å². The molecule has 4 rings (SSSR count). The number of carbonyl (C=O) groups is 1. The Morgan fingerprint density at radius 1 is 1.13 bits per heavy atom. The van der Waals surface area contributed by atoms with Crippen molar-refractivity contribution in [2.45, 2.75) is 104 Å². The fraction of sp³-hybridized carbons (Fsp3) is 0.962. The van der Waals surface area contributed by atoms with E-state index in [-0.39, 0.29) is 41.5 Å². The zero-order chi connectivity index (χ0) is 22.6. The van der Waals surface area contributed by atoms with Gasteiger partial charge in [-0.25, -0.2) is 0 Å². The Bertz CT molecular complexity index is 671. The summed E-state index contributed by atoms with van der Waals surface area (Å²) in [6, 6.07) is 0.169. The second-order valence-electron chi connectivity index (χ2n) is 12.1. The molecule has 4 aliphatic carbocycles. The third kappa shape index (κ3) is 3.67. The molecule has 0 aromatic rings. The average molecular weight is 435 g/mol. The number of nitrogens with two attached hydrogens (primary N) is 1. The van der Waals surface area contributed by atoms with E-state index in [0.717, 1.165) is 38.5 Å². The van der Waals surface area contributed by atoms with Gasteiger partial charge in [0.1, 0.15) is 0 Å². The molecule has 0 radical (unpaired) electrons. The molecule has 31 heavy (non-hydrogen) atoms. The highest BCUT2D eigenvalue weighted by molar-refractivity contribution is 5.78. The maximum Gasteiger partial charge on any atom is 0.233 e. The fourth-order valence-electron chi connectivity index (χ4n) is 9.23. The van der Waals surface area contributed by atoms with E-state index in [1.165, 1.54) is 19.3 Å². The van der Waals surface area contributed by atoms with Gasteiger partial charge in [-0.3, -0.25) is 4.79 Å². The van der Waals surface area contributed by atoms with Crippen molar-refractivity contribution in [2.24, 2.45) is 52.1 Å². The van der Waals surface area contributed by atoms with Crippen LogP contribution < -0.4 is 11.1 Å². The van der Waals surface area contributed by atoms with E-state index in [1.807, 2.05) is 0 Å². The number of hydrogen-bond acceptors (Lipinski definition) is 4. The van der Waals surface area contributed by atoms with Gasteiger partial charge >= 0.3 is 0 Å². The topological polar surface area (TPSA) is 95.6 Å². The molecule has 0 saturated heterocycles. The van der Waals surface area contributed by atoms with E-state index in [0.29, 0.717) is 35.5 Å². The van der Waals surface area contributed by atoms with Crippen molar-refractivity contribution in [1.29, 1.82) is 0 Å². The van der Waals surface area contributed by atoms with Crippen molar-refractivity contribution in [3.63, 3.8) is 0 Å². The van der Waals surface area contributed by atoms with Crippen molar-refractivity contribution < 1.29 is 15.0 Å². The van der Waals surface area contributed by atoms with E-state index in [2.05, 4.69) is 33.0 Å². The highest BCUT2D eigenvalue weighted by atomic mass is 16.3. The predicted octanol–water partition coefficient (Wildman–Crippen LogP) is 3.47. The first-order chi connectivity index (χ1) is 14.7. The lowest BCUT2D eigenvalue weighted by molar-refractivity contribution is -0.202.